The molecule has 0 amide bonds. The summed E-state index contributed by atoms with van der Waals surface area (Å²) in [4.78, 5) is 0. The maximum absolute atomic E-state index is 6.43. The van der Waals surface area contributed by atoms with Crippen LogP contribution in [-0.4, -0.2) is 28.8 Å². The molecule has 0 aromatic rings. The summed E-state index contributed by atoms with van der Waals surface area (Å²) in [5.41, 5.74) is 0. The quantitative estimate of drug-likeness (QED) is 0.540. The van der Waals surface area contributed by atoms with Crippen LogP contribution in [0, 0.1) is 0 Å². The van der Waals surface area contributed by atoms with Crippen molar-refractivity contribution >= 4 is 16.6 Å². The maximum atomic E-state index is 6.43. The van der Waals surface area contributed by atoms with Gasteiger partial charge in [-0.05, 0) is 50.6 Å². The van der Waals surface area contributed by atoms with Crippen molar-refractivity contribution in [2.24, 2.45) is 0 Å². The molecule has 1 rings (SSSR count). The summed E-state index contributed by atoms with van der Waals surface area (Å²) in [6.07, 6.45) is 7.25. The minimum atomic E-state index is -1.64. The molecule has 1 aliphatic rings. The van der Waals surface area contributed by atoms with E-state index >= 15 is 0 Å². The van der Waals surface area contributed by atoms with Crippen molar-refractivity contribution < 1.29 is 8.85 Å². The summed E-state index contributed by atoms with van der Waals surface area (Å²) in [7, 11) is -3.07. The topological polar surface area (TPSA) is 18.5 Å². The van der Waals surface area contributed by atoms with E-state index in [1.807, 2.05) is 0 Å². The van der Waals surface area contributed by atoms with E-state index in [1.54, 1.807) is 0 Å². The van der Waals surface area contributed by atoms with Crippen LogP contribution in [0.3, 0.4) is 0 Å². The zero-order chi connectivity index (χ0) is 14.9. The second kappa shape index (κ2) is 5.84. The molecule has 0 saturated carbocycles. The molecule has 0 saturated heterocycles. The van der Waals surface area contributed by atoms with Crippen LogP contribution in [0.4, 0.5) is 0 Å². The van der Waals surface area contributed by atoms with Gasteiger partial charge in [-0.2, -0.15) is 0 Å². The van der Waals surface area contributed by atoms with Crippen LogP contribution < -0.4 is 0 Å². The molecule has 0 N–H and O–H groups in total. The van der Waals surface area contributed by atoms with Gasteiger partial charge in [0.1, 0.15) is 0 Å². The van der Waals surface area contributed by atoms with Gasteiger partial charge in [0.2, 0.25) is 0 Å². The Bertz CT molecular complexity index is 324. The van der Waals surface area contributed by atoms with Crippen molar-refractivity contribution in [3.05, 3.63) is 12.2 Å². The van der Waals surface area contributed by atoms with Gasteiger partial charge in [-0.3, -0.25) is 0 Å². The van der Waals surface area contributed by atoms with Gasteiger partial charge < -0.3 is 8.85 Å². The van der Waals surface area contributed by atoms with Gasteiger partial charge in [0, 0.05) is 0 Å². The van der Waals surface area contributed by atoms with Crippen molar-refractivity contribution in [2.45, 2.75) is 83.6 Å². The second-order valence-electron chi connectivity index (χ2n) is 8.15. The molecule has 1 aliphatic carbocycles. The predicted octanol–water partition coefficient (Wildman–Crippen LogP) is 4.95. The fourth-order valence-corrected chi connectivity index (χ4v) is 4.39. The van der Waals surface area contributed by atoms with Crippen molar-refractivity contribution in [1.82, 2.24) is 0 Å². The van der Waals surface area contributed by atoms with Gasteiger partial charge in [-0.1, -0.05) is 32.9 Å². The molecule has 0 aliphatic heterocycles. The molecule has 2 unspecified atom stereocenters. The monoisotopic (exact) mass is 300 g/mol. The highest BCUT2D eigenvalue weighted by molar-refractivity contribution is 6.74. The van der Waals surface area contributed by atoms with E-state index in [0.29, 0.717) is 12.2 Å². The van der Waals surface area contributed by atoms with E-state index in [2.05, 4.69) is 65.7 Å². The molecule has 4 heteroatoms. The third kappa shape index (κ3) is 5.54. The Hall–Kier alpha value is 0.0938. The first-order chi connectivity index (χ1) is 8.41. The Morgan fingerprint density at radius 1 is 0.842 bits per heavy atom. The molecular weight excluding hydrogens is 268 g/mol. The molecule has 2 nitrogen and oxygen atoms in total. The van der Waals surface area contributed by atoms with E-state index in [0.717, 1.165) is 12.8 Å². The lowest BCUT2D eigenvalue weighted by Gasteiger charge is -2.40. The van der Waals surface area contributed by atoms with Crippen LogP contribution in [0.5, 0.6) is 0 Å². The van der Waals surface area contributed by atoms with E-state index in [-0.39, 0.29) is 5.04 Å². The van der Waals surface area contributed by atoms with E-state index in [9.17, 15) is 0 Å². The molecule has 0 bridgehead atoms. The Kier molecular flexibility index (Phi) is 5.27. The summed E-state index contributed by atoms with van der Waals surface area (Å²) in [5.74, 6) is 0. The maximum Gasteiger partial charge on any atom is 0.192 e. The molecule has 2 atom stereocenters. The smallest absolute Gasteiger partial charge is 0.192 e. The van der Waals surface area contributed by atoms with Gasteiger partial charge in [0.15, 0.2) is 16.6 Å². The van der Waals surface area contributed by atoms with Gasteiger partial charge in [-0.25, -0.2) is 0 Å². The summed E-state index contributed by atoms with van der Waals surface area (Å²) < 4.78 is 12.6. The Morgan fingerprint density at radius 3 is 1.58 bits per heavy atom. The molecular formula is C15H32O2Si2. The van der Waals surface area contributed by atoms with E-state index < -0.39 is 16.6 Å². The molecule has 19 heavy (non-hydrogen) atoms. The van der Waals surface area contributed by atoms with Gasteiger partial charge in [0.05, 0.1) is 12.2 Å². The first-order valence-electron chi connectivity index (χ1n) is 7.45. The lowest BCUT2D eigenvalue weighted by molar-refractivity contribution is 0.159. The average Bonchev–Trinajstić information content (AvgIpc) is 2.16. The zero-order valence-electron chi connectivity index (χ0n) is 14.0. The standard InChI is InChI=1S/C15H32O2Si2/c1-15(2,3)19(7,8)17-14-11-9-13(10-12-14)16-18(4,5)6/h9,11,13-14H,10,12H2,1-8H3. The van der Waals surface area contributed by atoms with Gasteiger partial charge in [0.25, 0.3) is 0 Å². The Morgan fingerprint density at radius 2 is 1.26 bits per heavy atom. The summed E-state index contributed by atoms with van der Waals surface area (Å²) in [6, 6.07) is 0. The summed E-state index contributed by atoms with van der Waals surface area (Å²) in [5, 5.41) is 0.284. The highest BCUT2D eigenvalue weighted by Gasteiger charge is 2.39. The molecule has 0 radical (unpaired) electrons. The lowest BCUT2D eigenvalue weighted by atomic mass is 10.0. The molecule has 0 aromatic heterocycles. The molecule has 112 valence electrons. The highest BCUT2D eigenvalue weighted by Crippen LogP contribution is 2.38. The van der Waals surface area contributed by atoms with Crippen LogP contribution in [0.2, 0.25) is 37.8 Å². The summed E-state index contributed by atoms with van der Waals surface area (Å²) in [6.45, 7) is 18.3. The van der Waals surface area contributed by atoms with Crippen LogP contribution in [0.15, 0.2) is 12.2 Å². The largest absolute Gasteiger partial charge is 0.411 e. The van der Waals surface area contributed by atoms with Crippen molar-refractivity contribution in [2.75, 3.05) is 0 Å². The van der Waals surface area contributed by atoms with Crippen LogP contribution in [0.25, 0.3) is 0 Å². The van der Waals surface area contributed by atoms with Crippen molar-refractivity contribution in [3.63, 3.8) is 0 Å². The van der Waals surface area contributed by atoms with Crippen molar-refractivity contribution in [3.8, 4) is 0 Å². The SMILES string of the molecule is CC(C)(C)[Si](C)(C)OC1C=CC(O[Si](C)(C)C)CC1. The fourth-order valence-electron chi connectivity index (χ4n) is 1.97. The van der Waals surface area contributed by atoms with Crippen LogP contribution in [0.1, 0.15) is 33.6 Å². The Balaban J connectivity index is 2.56. The Labute approximate surface area is 121 Å². The van der Waals surface area contributed by atoms with Crippen LogP contribution >= 0.6 is 0 Å². The van der Waals surface area contributed by atoms with E-state index in [1.165, 1.54) is 0 Å². The normalized spacial score (nSPS) is 25.7. The third-order valence-electron chi connectivity index (χ3n) is 4.03. The van der Waals surface area contributed by atoms with Gasteiger partial charge >= 0.3 is 0 Å². The average molecular weight is 301 g/mol. The molecule has 0 heterocycles. The minimum Gasteiger partial charge on any atom is -0.411 e. The molecule has 0 spiro atoms. The molecule has 0 aromatic carbocycles. The summed E-state index contributed by atoms with van der Waals surface area (Å²) >= 11 is 0. The molecule has 0 fully saturated rings. The van der Waals surface area contributed by atoms with Crippen molar-refractivity contribution in [1.29, 1.82) is 0 Å². The van der Waals surface area contributed by atoms with E-state index in [4.69, 9.17) is 8.85 Å². The van der Waals surface area contributed by atoms with Crippen LogP contribution in [-0.2, 0) is 8.85 Å². The first kappa shape index (κ1) is 17.1. The zero-order valence-corrected chi connectivity index (χ0v) is 16.0. The first-order valence-corrected chi connectivity index (χ1v) is 13.8. The number of hydrogen-bond acceptors (Lipinski definition) is 2. The fraction of sp³-hybridized carbons (Fsp3) is 0.867. The highest BCUT2D eigenvalue weighted by atomic mass is 28.4. The third-order valence-corrected chi connectivity index (χ3v) is 9.55. The lowest BCUT2D eigenvalue weighted by Crippen LogP contribution is -2.44. The number of rotatable bonds is 4. The number of hydrogen-bond donors (Lipinski definition) is 0. The second-order valence-corrected chi connectivity index (χ2v) is 17.4. The predicted molar refractivity (Wildman–Crippen MR) is 88.7 cm³/mol. The minimum absolute atomic E-state index is 0.284. The van der Waals surface area contributed by atoms with Gasteiger partial charge in [-0.15, -0.1) is 0 Å².